The second kappa shape index (κ2) is 13.7. The Morgan fingerprint density at radius 2 is 1.64 bits per heavy atom. The van der Waals surface area contributed by atoms with Crippen molar-refractivity contribution in [1.29, 1.82) is 0 Å². The van der Waals surface area contributed by atoms with Crippen LogP contribution in [-0.2, 0) is 11.3 Å². The number of aromatic hydroxyl groups is 1. The van der Waals surface area contributed by atoms with Crippen LogP contribution >= 0.6 is 0 Å². The number of carbonyl (C=O) groups excluding carboxylic acids is 1. The molecule has 1 fully saturated rings. The number of fused-ring (bicyclic) bond motifs is 1. The first-order valence-electron chi connectivity index (χ1n) is 15.2. The third-order valence-corrected chi connectivity index (χ3v) is 8.13. The van der Waals surface area contributed by atoms with Crippen LogP contribution < -0.4 is 4.74 Å². The highest BCUT2D eigenvalue weighted by molar-refractivity contribution is 6.02. The lowest BCUT2D eigenvalue weighted by molar-refractivity contribution is -0.0744. The van der Waals surface area contributed by atoms with Crippen molar-refractivity contribution in [2.24, 2.45) is 0 Å². The average Bonchev–Trinajstić information content (AvgIpc) is 3.08. The maximum atomic E-state index is 13.8. The van der Waals surface area contributed by atoms with Gasteiger partial charge in [0.1, 0.15) is 24.2 Å². The topological polar surface area (TPSA) is 75.1 Å². The summed E-state index contributed by atoms with van der Waals surface area (Å²) < 4.78 is 12.8. The molecule has 0 unspecified atom stereocenters. The lowest BCUT2D eigenvalue weighted by Gasteiger charge is -2.40. The van der Waals surface area contributed by atoms with Crippen molar-refractivity contribution in [3.8, 4) is 11.5 Å². The van der Waals surface area contributed by atoms with E-state index in [1.807, 2.05) is 73.7 Å². The maximum absolute atomic E-state index is 13.8. The van der Waals surface area contributed by atoms with E-state index in [-0.39, 0.29) is 29.4 Å². The molecule has 0 spiro atoms. The highest BCUT2D eigenvalue weighted by atomic mass is 16.5. The number of nitrogens with zero attached hydrogens (tertiary/aromatic N) is 3. The molecule has 1 aromatic heterocycles. The van der Waals surface area contributed by atoms with Crippen LogP contribution in [-0.4, -0.2) is 51.8 Å². The van der Waals surface area contributed by atoms with Gasteiger partial charge >= 0.3 is 0 Å². The summed E-state index contributed by atoms with van der Waals surface area (Å²) in [5, 5.41) is 16.4. The van der Waals surface area contributed by atoms with E-state index in [0.717, 1.165) is 40.3 Å². The normalized spacial score (nSPS) is 14.1. The Morgan fingerprint density at radius 1 is 0.932 bits per heavy atom. The molecule has 1 amide bonds. The number of phenolic OH excluding ortho intramolecular Hbond substituents is 1. The fourth-order valence-corrected chi connectivity index (χ4v) is 5.86. The van der Waals surface area contributed by atoms with Crippen LogP contribution in [0.4, 0.5) is 0 Å². The van der Waals surface area contributed by atoms with Gasteiger partial charge in [0, 0.05) is 43.0 Å². The molecule has 224 valence electrons. The summed E-state index contributed by atoms with van der Waals surface area (Å²) in [6.45, 7) is 4.17. The molecular weight excluding hydrogens is 550 g/mol. The summed E-state index contributed by atoms with van der Waals surface area (Å²) in [5.41, 5.74) is 3.48. The molecule has 0 radical (unpaired) electrons. The third kappa shape index (κ3) is 6.59. The van der Waals surface area contributed by atoms with Crippen LogP contribution in [0.2, 0.25) is 0 Å². The Balaban J connectivity index is 1.14. The molecule has 1 aliphatic rings. The first-order valence-corrected chi connectivity index (χ1v) is 15.2. The van der Waals surface area contributed by atoms with Gasteiger partial charge in [-0.25, -0.2) is 5.01 Å². The van der Waals surface area contributed by atoms with E-state index in [1.165, 1.54) is 0 Å². The van der Waals surface area contributed by atoms with Gasteiger partial charge in [0.05, 0.1) is 11.7 Å². The molecule has 7 nitrogen and oxygen atoms in total. The largest absolute Gasteiger partial charge is 0.507 e. The van der Waals surface area contributed by atoms with Crippen molar-refractivity contribution in [3.05, 3.63) is 138 Å². The van der Waals surface area contributed by atoms with Gasteiger partial charge in [0.2, 0.25) is 0 Å². The van der Waals surface area contributed by atoms with Crippen molar-refractivity contribution in [2.45, 2.75) is 38.6 Å². The summed E-state index contributed by atoms with van der Waals surface area (Å²) in [6.07, 6.45) is 4.98. The summed E-state index contributed by atoms with van der Waals surface area (Å²) >= 11 is 0. The van der Waals surface area contributed by atoms with E-state index >= 15 is 0 Å². The van der Waals surface area contributed by atoms with E-state index in [4.69, 9.17) is 9.47 Å². The fourth-order valence-electron chi connectivity index (χ4n) is 5.86. The van der Waals surface area contributed by atoms with Crippen LogP contribution in [0.25, 0.3) is 10.8 Å². The minimum Gasteiger partial charge on any atom is -0.507 e. The zero-order chi connectivity index (χ0) is 30.3. The molecule has 0 saturated carbocycles. The van der Waals surface area contributed by atoms with Crippen LogP contribution in [0.5, 0.6) is 11.5 Å². The summed E-state index contributed by atoms with van der Waals surface area (Å²) in [4.78, 5) is 18.0. The SMILES string of the molecule is CCN(C(=O)c1cc2cccc(OCc3cccnc3)c2cc1O)N1CCC(OC(c2ccccc2)c2ccccc2)CC1. The molecule has 5 aromatic rings. The van der Waals surface area contributed by atoms with E-state index < -0.39 is 0 Å². The molecule has 4 aromatic carbocycles. The van der Waals surface area contributed by atoms with Gasteiger partial charge in [-0.1, -0.05) is 78.9 Å². The molecule has 1 saturated heterocycles. The van der Waals surface area contributed by atoms with Gasteiger partial charge in [0.15, 0.2) is 0 Å². The third-order valence-electron chi connectivity index (χ3n) is 8.13. The van der Waals surface area contributed by atoms with Crippen LogP contribution in [0, 0.1) is 0 Å². The Bertz CT molecular complexity index is 1630. The molecule has 1 N–H and O–H groups in total. The number of rotatable bonds is 10. The summed E-state index contributed by atoms with van der Waals surface area (Å²) in [7, 11) is 0. The second-order valence-corrected chi connectivity index (χ2v) is 11.0. The van der Waals surface area contributed by atoms with E-state index in [0.29, 0.717) is 32.0 Å². The van der Waals surface area contributed by atoms with Gasteiger partial charge in [-0.3, -0.25) is 14.8 Å². The minimum atomic E-state index is -0.223. The van der Waals surface area contributed by atoms with Crippen molar-refractivity contribution in [2.75, 3.05) is 19.6 Å². The molecule has 7 heteroatoms. The summed E-state index contributed by atoms with van der Waals surface area (Å²) in [5.74, 6) is 0.351. The molecule has 0 bridgehead atoms. The Labute approximate surface area is 258 Å². The predicted octanol–water partition coefficient (Wildman–Crippen LogP) is 7.17. The number of pyridine rings is 1. The number of aromatic nitrogens is 1. The molecule has 1 aliphatic heterocycles. The highest BCUT2D eigenvalue weighted by Crippen LogP contribution is 2.34. The van der Waals surface area contributed by atoms with E-state index in [1.54, 1.807) is 29.5 Å². The standard InChI is InChI=1S/C37H37N3O4/c1-2-40(39-21-18-31(19-22-39)44-36(28-12-5-3-6-13-28)29-14-7-4-8-15-29)37(42)33-23-30-16-9-17-35(32(30)24-34(33)41)43-26-27-11-10-20-38-25-27/h3-17,20,23-25,31,36,41H,2,18-19,21-22,26H2,1H3. The number of hydrogen-bond donors (Lipinski definition) is 1. The number of hydrazine groups is 1. The van der Waals surface area contributed by atoms with Crippen LogP contribution in [0.1, 0.15) is 52.9 Å². The average molecular weight is 588 g/mol. The smallest absolute Gasteiger partial charge is 0.271 e. The molecular formula is C37H37N3O4. The zero-order valence-electron chi connectivity index (χ0n) is 24.9. The van der Waals surface area contributed by atoms with Gasteiger partial charge in [-0.05, 0) is 60.5 Å². The Kier molecular flexibility index (Phi) is 9.15. The quantitative estimate of drug-likeness (QED) is 0.187. The molecule has 0 atom stereocenters. The van der Waals surface area contributed by atoms with Crippen molar-refractivity contribution < 1.29 is 19.4 Å². The van der Waals surface area contributed by atoms with Crippen LogP contribution in [0.3, 0.4) is 0 Å². The molecule has 2 heterocycles. The Morgan fingerprint density at radius 3 is 2.27 bits per heavy atom. The number of amides is 1. The highest BCUT2D eigenvalue weighted by Gasteiger charge is 2.30. The first kappa shape index (κ1) is 29.4. The molecule has 6 rings (SSSR count). The lowest BCUT2D eigenvalue weighted by Crippen LogP contribution is -2.51. The number of benzene rings is 4. The minimum absolute atomic E-state index is 0.0598. The number of hydrogen-bond acceptors (Lipinski definition) is 6. The van der Waals surface area contributed by atoms with E-state index in [2.05, 4.69) is 34.3 Å². The van der Waals surface area contributed by atoms with Crippen LogP contribution in [0.15, 0.2) is 116 Å². The Hall–Kier alpha value is -4.72. The zero-order valence-corrected chi connectivity index (χ0v) is 24.9. The number of piperidine rings is 1. The van der Waals surface area contributed by atoms with Gasteiger partial charge < -0.3 is 14.6 Å². The first-order chi connectivity index (χ1) is 21.6. The number of phenols is 1. The monoisotopic (exact) mass is 587 g/mol. The lowest BCUT2D eigenvalue weighted by atomic mass is 10.00. The van der Waals surface area contributed by atoms with Crippen molar-refractivity contribution in [3.63, 3.8) is 0 Å². The number of ether oxygens (including phenoxy) is 2. The molecule has 0 aliphatic carbocycles. The number of carbonyl (C=O) groups is 1. The molecule has 44 heavy (non-hydrogen) atoms. The summed E-state index contributed by atoms with van der Waals surface area (Å²) in [6, 6.07) is 33.5. The van der Waals surface area contributed by atoms with E-state index in [9.17, 15) is 9.90 Å². The van der Waals surface area contributed by atoms with Crippen molar-refractivity contribution in [1.82, 2.24) is 15.0 Å². The maximum Gasteiger partial charge on any atom is 0.271 e. The van der Waals surface area contributed by atoms with Gasteiger partial charge in [-0.15, -0.1) is 0 Å². The predicted molar refractivity (Wildman–Crippen MR) is 171 cm³/mol. The van der Waals surface area contributed by atoms with Crippen molar-refractivity contribution >= 4 is 16.7 Å². The van der Waals surface area contributed by atoms with Gasteiger partial charge in [0.25, 0.3) is 5.91 Å². The second-order valence-electron chi connectivity index (χ2n) is 11.0. The van der Waals surface area contributed by atoms with Gasteiger partial charge in [-0.2, -0.15) is 0 Å². The fraction of sp³-hybridized carbons (Fsp3) is 0.243.